The van der Waals surface area contributed by atoms with Crippen molar-refractivity contribution >= 4 is 16.7 Å². The summed E-state index contributed by atoms with van der Waals surface area (Å²) in [6.45, 7) is 1.68. The second-order valence-corrected chi connectivity index (χ2v) is 7.79. The second-order valence-electron chi connectivity index (χ2n) is 7.79. The van der Waals surface area contributed by atoms with E-state index >= 15 is 0 Å². The van der Waals surface area contributed by atoms with Gasteiger partial charge >= 0.3 is 0 Å². The highest BCUT2D eigenvalue weighted by Gasteiger charge is 2.23. The highest BCUT2D eigenvalue weighted by atomic mass is 16.5. The quantitative estimate of drug-likeness (QED) is 0.205. The molecule has 0 unspecified atom stereocenters. The Kier molecular flexibility index (Phi) is 7.00. The van der Waals surface area contributed by atoms with Crippen LogP contribution < -0.4 is 24.3 Å². The summed E-state index contributed by atoms with van der Waals surface area (Å²) in [4.78, 5) is 0. The van der Waals surface area contributed by atoms with Crippen LogP contribution in [0.25, 0.3) is 33.4 Å². The van der Waals surface area contributed by atoms with Crippen LogP contribution in [0.15, 0.2) is 69.3 Å². The van der Waals surface area contributed by atoms with Gasteiger partial charge in [-0.05, 0) is 55.0 Å². The molecule has 4 rings (SSSR count). The minimum Gasteiger partial charge on any atom is -0.497 e. The molecule has 0 bridgehead atoms. The molecule has 0 spiro atoms. The summed E-state index contributed by atoms with van der Waals surface area (Å²) in [5.41, 5.74) is 3.32. The van der Waals surface area contributed by atoms with Crippen LogP contribution in [0.3, 0.4) is 0 Å². The molecule has 0 amide bonds. The summed E-state index contributed by atoms with van der Waals surface area (Å²) >= 11 is 0. The van der Waals surface area contributed by atoms with Crippen LogP contribution in [0.4, 0.5) is 0 Å². The first kappa shape index (κ1) is 24.5. The number of methoxy groups -OCH3 is 4. The Balaban J connectivity index is 2.16. The minimum atomic E-state index is 0.242. The lowest BCUT2D eigenvalue weighted by Crippen LogP contribution is -2.07. The number of benzene rings is 3. The van der Waals surface area contributed by atoms with Gasteiger partial charge in [-0.3, -0.25) is 0 Å². The van der Waals surface area contributed by atoms with E-state index < -0.39 is 0 Å². The molecule has 186 valence electrons. The Bertz CT molecular complexity index is 1510. The Morgan fingerprint density at radius 3 is 2.06 bits per heavy atom. The zero-order valence-electron chi connectivity index (χ0n) is 20.5. The van der Waals surface area contributed by atoms with Crippen LogP contribution in [0, 0.1) is 0 Å². The summed E-state index contributed by atoms with van der Waals surface area (Å²) in [6.07, 6.45) is 0. The van der Waals surface area contributed by atoms with E-state index in [4.69, 9.17) is 23.4 Å². The number of rotatable bonds is 7. The number of oxime groups is 1. The van der Waals surface area contributed by atoms with E-state index in [9.17, 15) is 10.4 Å². The molecular weight excluding hydrogens is 464 g/mol. The Morgan fingerprint density at radius 1 is 0.778 bits per heavy atom. The molecule has 0 saturated heterocycles. The van der Waals surface area contributed by atoms with Gasteiger partial charge in [-0.2, -0.15) is 0 Å². The predicted octanol–water partition coefficient (Wildman–Crippen LogP) is 5.29. The number of nitrogens with zero attached hydrogens (tertiary/aromatic N) is 2. The number of fused-ring (bicyclic) bond motifs is 1. The summed E-state index contributed by atoms with van der Waals surface area (Å²) in [5.74, 6) is 2.50. The maximum Gasteiger partial charge on any atom is 0.152 e. The zero-order valence-corrected chi connectivity index (χ0v) is 20.5. The van der Waals surface area contributed by atoms with Gasteiger partial charge in [-0.15, -0.1) is 0 Å². The van der Waals surface area contributed by atoms with E-state index in [0.29, 0.717) is 62.1 Å². The first-order valence-electron chi connectivity index (χ1n) is 10.9. The highest BCUT2D eigenvalue weighted by Crippen LogP contribution is 2.45. The Hall–Kier alpha value is -4.66. The SMILES string of the molecule is COc1ccc(-c2c/c(=N\O)c3c(OC)cc(OC)c(-c4cc(/C(C)=N/O)ccc4OC)c3o2)cc1. The van der Waals surface area contributed by atoms with E-state index in [0.717, 1.165) is 5.56 Å². The molecular formula is C27H26N2O7. The molecule has 0 saturated carbocycles. The fourth-order valence-electron chi connectivity index (χ4n) is 4.03. The van der Waals surface area contributed by atoms with Gasteiger partial charge in [-0.1, -0.05) is 10.3 Å². The maximum atomic E-state index is 9.95. The first-order chi connectivity index (χ1) is 17.5. The smallest absolute Gasteiger partial charge is 0.152 e. The average molecular weight is 491 g/mol. The van der Waals surface area contributed by atoms with Crippen molar-refractivity contribution in [1.29, 1.82) is 0 Å². The maximum absolute atomic E-state index is 9.95. The van der Waals surface area contributed by atoms with Crippen molar-refractivity contribution in [3.8, 4) is 45.4 Å². The molecule has 3 aromatic carbocycles. The van der Waals surface area contributed by atoms with Gasteiger partial charge in [0.15, 0.2) is 5.58 Å². The normalized spacial score (nSPS) is 12.0. The highest BCUT2D eigenvalue weighted by molar-refractivity contribution is 6.04. The van der Waals surface area contributed by atoms with Crippen molar-refractivity contribution in [2.24, 2.45) is 10.3 Å². The third-order valence-corrected chi connectivity index (χ3v) is 5.90. The lowest BCUT2D eigenvalue weighted by atomic mass is 9.96. The molecule has 0 radical (unpaired) electrons. The van der Waals surface area contributed by atoms with Crippen molar-refractivity contribution in [3.63, 3.8) is 0 Å². The van der Waals surface area contributed by atoms with Crippen molar-refractivity contribution in [3.05, 3.63) is 65.5 Å². The van der Waals surface area contributed by atoms with E-state index in [-0.39, 0.29) is 5.36 Å². The van der Waals surface area contributed by atoms with E-state index in [1.54, 1.807) is 57.5 Å². The fourth-order valence-corrected chi connectivity index (χ4v) is 4.03. The molecule has 0 fully saturated rings. The lowest BCUT2D eigenvalue weighted by molar-refractivity contribution is 0.302. The molecule has 1 aromatic heterocycles. The van der Waals surface area contributed by atoms with Gasteiger partial charge in [0.1, 0.15) is 34.1 Å². The molecule has 0 aliphatic rings. The van der Waals surface area contributed by atoms with Crippen LogP contribution >= 0.6 is 0 Å². The molecule has 1 heterocycles. The van der Waals surface area contributed by atoms with E-state index in [1.807, 2.05) is 18.2 Å². The molecule has 0 atom stereocenters. The summed E-state index contributed by atoms with van der Waals surface area (Å²) in [7, 11) is 6.19. The number of ether oxygens (including phenoxy) is 4. The van der Waals surface area contributed by atoms with Crippen molar-refractivity contribution in [2.75, 3.05) is 28.4 Å². The molecule has 9 nitrogen and oxygen atoms in total. The average Bonchev–Trinajstić information content (AvgIpc) is 2.94. The molecule has 4 aromatic rings. The monoisotopic (exact) mass is 490 g/mol. The van der Waals surface area contributed by atoms with Gasteiger partial charge in [0, 0.05) is 23.3 Å². The van der Waals surface area contributed by atoms with E-state index in [1.165, 1.54) is 14.2 Å². The molecule has 2 N–H and O–H groups in total. The molecule has 0 aliphatic carbocycles. The third-order valence-electron chi connectivity index (χ3n) is 5.90. The Labute approximate surface area is 207 Å². The second kappa shape index (κ2) is 10.3. The van der Waals surface area contributed by atoms with Crippen molar-refractivity contribution in [2.45, 2.75) is 6.92 Å². The standard InChI is InChI=1S/C27H26N2O7/c1-15(28-30)17-8-11-21(33-3)19(12-17)25-23(34-4)14-24(35-5)26-20(29-31)13-22(36-27(25)26)16-6-9-18(32-2)10-7-16/h6-14,30-31H,1-5H3/b28-15+,29-20+. The van der Waals surface area contributed by atoms with Crippen LogP contribution in [0.2, 0.25) is 0 Å². The largest absolute Gasteiger partial charge is 0.497 e. The molecule has 36 heavy (non-hydrogen) atoms. The topological polar surface area (TPSA) is 115 Å². The van der Waals surface area contributed by atoms with Gasteiger partial charge in [0.25, 0.3) is 0 Å². The first-order valence-corrected chi connectivity index (χ1v) is 10.9. The summed E-state index contributed by atoms with van der Waals surface area (Å²) in [6, 6.07) is 16.0. The third kappa shape index (κ3) is 4.26. The molecule has 9 heteroatoms. The number of hydrogen-bond donors (Lipinski definition) is 2. The van der Waals surface area contributed by atoms with Crippen LogP contribution in [0.5, 0.6) is 23.0 Å². The predicted molar refractivity (Wildman–Crippen MR) is 135 cm³/mol. The van der Waals surface area contributed by atoms with Gasteiger partial charge in [0.05, 0.1) is 45.1 Å². The lowest BCUT2D eigenvalue weighted by Gasteiger charge is -2.18. The van der Waals surface area contributed by atoms with Crippen molar-refractivity contribution < 1.29 is 33.8 Å². The zero-order chi connectivity index (χ0) is 25.8. The van der Waals surface area contributed by atoms with E-state index in [2.05, 4.69) is 10.3 Å². The fraction of sp³-hybridized carbons (Fsp3) is 0.185. The number of hydrogen-bond acceptors (Lipinski definition) is 9. The molecule has 0 aliphatic heterocycles. The Morgan fingerprint density at radius 2 is 1.47 bits per heavy atom. The summed E-state index contributed by atoms with van der Waals surface area (Å²) < 4.78 is 28.7. The van der Waals surface area contributed by atoms with Crippen LogP contribution in [-0.4, -0.2) is 44.6 Å². The van der Waals surface area contributed by atoms with Gasteiger partial charge in [0.2, 0.25) is 0 Å². The van der Waals surface area contributed by atoms with Crippen LogP contribution in [-0.2, 0) is 0 Å². The van der Waals surface area contributed by atoms with Crippen LogP contribution in [0.1, 0.15) is 12.5 Å². The van der Waals surface area contributed by atoms with Crippen molar-refractivity contribution in [1.82, 2.24) is 0 Å². The summed E-state index contributed by atoms with van der Waals surface area (Å²) in [5, 5.41) is 26.8. The van der Waals surface area contributed by atoms with Gasteiger partial charge < -0.3 is 33.8 Å². The minimum absolute atomic E-state index is 0.242. The van der Waals surface area contributed by atoms with Gasteiger partial charge in [-0.25, -0.2) is 0 Å².